The SMILES string of the molecule is CC1CCCCCN1S(=O)(=O)c1ccsc1CNC1CC1. The summed E-state index contributed by atoms with van der Waals surface area (Å²) in [6, 6.07) is 2.49. The number of nitrogens with one attached hydrogen (secondary N) is 1. The lowest BCUT2D eigenvalue weighted by atomic mass is 10.1. The van der Waals surface area contributed by atoms with Crippen LogP contribution in [0.25, 0.3) is 0 Å². The summed E-state index contributed by atoms with van der Waals surface area (Å²) >= 11 is 1.55. The molecule has 1 saturated carbocycles. The summed E-state index contributed by atoms with van der Waals surface area (Å²) in [4.78, 5) is 1.48. The van der Waals surface area contributed by atoms with E-state index >= 15 is 0 Å². The van der Waals surface area contributed by atoms with Crippen molar-refractivity contribution in [3.8, 4) is 0 Å². The van der Waals surface area contributed by atoms with Gasteiger partial charge in [-0.05, 0) is 44.1 Å². The van der Waals surface area contributed by atoms with Gasteiger partial charge in [0.25, 0.3) is 0 Å². The summed E-state index contributed by atoms with van der Waals surface area (Å²) < 4.78 is 27.7. The Morgan fingerprint density at radius 1 is 1.29 bits per heavy atom. The Labute approximate surface area is 131 Å². The van der Waals surface area contributed by atoms with Crippen molar-refractivity contribution in [2.75, 3.05) is 6.54 Å². The second-order valence-corrected chi connectivity index (χ2v) is 9.04. The molecule has 1 N–H and O–H groups in total. The van der Waals surface area contributed by atoms with Gasteiger partial charge in [0.15, 0.2) is 0 Å². The van der Waals surface area contributed by atoms with Crippen LogP contribution >= 0.6 is 11.3 Å². The Bertz CT molecular complexity index is 578. The van der Waals surface area contributed by atoms with Gasteiger partial charge in [-0.2, -0.15) is 4.31 Å². The van der Waals surface area contributed by atoms with Gasteiger partial charge in [-0.3, -0.25) is 0 Å². The van der Waals surface area contributed by atoms with Crippen LogP contribution in [0.15, 0.2) is 16.3 Å². The van der Waals surface area contributed by atoms with Crippen molar-refractivity contribution >= 4 is 21.4 Å². The molecule has 1 aromatic rings. The van der Waals surface area contributed by atoms with Crippen LogP contribution in [0.2, 0.25) is 0 Å². The van der Waals surface area contributed by atoms with E-state index in [9.17, 15) is 8.42 Å². The minimum Gasteiger partial charge on any atom is -0.309 e. The van der Waals surface area contributed by atoms with Crippen LogP contribution in [0.5, 0.6) is 0 Å². The van der Waals surface area contributed by atoms with E-state index in [-0.39, 0.29) is 6.04 Å². The van der Waals surface area contributed by atoms with Gasteiger partial charge in [-0.25, -0.2) is 8.42 Å². The van der Waals surface area contributed by atoms with E-state index in [1.165, 1.54) is 12.8 Å². The van der Waals surface area contributed by atoms with Gasteiger partial charge in [0.2, 0.25) is 10.0 Å². The highest BCUT2D eigenvalue weighted by molar-refractivity contribution is 7.89. The summed E-state index contributed by atoms with van der Waals surface area (Å²) in [6.07, 6.45) is 6.65. The fourth-order valence-electron chi connectivity index (χ4n) is 2.94. The first-order valence-corrected chi connectivity index (χ1v) is 10.2. The van der Waals surface area contributed by atoms with E-state index in [4.69, 9.17) is 0 Å². The van der Waals surface area contributed by atoms with Crippen molar-refractivity contribution in [2.24, 2.45) is 0 Å². The molecule has 1 saturated heterocycles. The first kappa shape index (κ1) is 15.5. The van der Waals surface area contributed by atoms with Gasteiger partial charge in [0, 0.05) is 30.1 Å². The Morgan fingerprint density at radius 3 is 2.86 bits per heavy atom. The van der Waals surface area contributed by atoms with Crippen LogP contribution in [0.1, 0.15) is 50.3 Å². The van der Waals surface area contributed by atoms with Gasteiger partial charge >= 0.3 is 0 Å². The summed E-state index contributed by atoms with van der Waals surface area (Å²) in [5, 5.41) is 5.33. The number of rotatable bonds is 5. The molecule has 1 unspecified atom stereocenters. The quantitative estimate of drug-likeness (QED) is 0.904. The van der Waals surface area contributed by atoms with Gasteiger partial charge in [0.1, 0.15) is 0 Å². The lowest BCUT2D eigenvalue weighted by Crippen LogP contribution is -2.38. The minimum atomic E-state index is -3.35. The monoisotopic (exact) mass is 328 g/mol. The molecule has 1 aliphatic heterocycles. The van der Waals surface area contributed by atoms with Crippen molar-refractivity contribution in [1.29, 1.82) is 0 Å². The van der Waals surface area contributed by atoms with E-state index in [0.29, 0.717) is 24.0 Å². The fourth-order valence-corrected chi connectivity index (χ4v) is 6.01. The predicted octanol–water partition coefficient (Wildman–Crippen LogP) is 2.95. The van der Waals surface area contributed by atoms with Crippen LogP contribution in [-0.2, 0) is 16.6 Å². The zero-order valence-electron chi connectivity index (χ0n) is 12.5. The third-order valence-corrected chi connectivity index (χ3v) is 7.56. The smallest absolute Gasteiger partial charge is 0.244 e. The summed E-state index contributed by atoms with van der Waals surface area (Å²) in [5.41, 5.74) is 0. The molecule has 0 amide bonds. The zero-order valence-corrected chi connectivity index (χ0v) is 14.2. The zero-order chi connectivity index (χ0) is 14.9. The average Bonchev–Trinajstić information content (AvgIpc) is 3.19. The molecular weight excluding hydrogens is 304 g/mol. The molecule has 0 aromatic carbocycles. The highest BCUT2D eigenvalue weighted by Gasteiger charge is 2.32. The molecule has 0 spiro atoms. The van der Waals surface area contributed by atoms with Crippen LogP contribution in [0.3, 0.4) is 0 Å². The molecule has 21 heavy (non-hydrogen) atoms. The largest absolute Gasteiger partial charge is 0.309 e. The first-order valence-electron chi connectivity index (χ1n) is 7.90. The molecule has 4 nitrogen and oxygen atoms in total. The minimum absolute atomic E-state index is 0.113. The Kier molecular flexibility index (Phi) is 4.69. The van der Waals surface area contributed by atoms with E-state index in [2.05, 4.69) is 5.32 Å². The van der Waals surface area contributed by atoms with Gasteiger partial charge in [-0.15, -0.1) is 11.3 Å². The molecule has 1 aromatic heterocycles. The molecule has 0 radical (unpaired) electrons. The Morgan fingerprint density at radius 2 is 2.10 bits per heavy atom. The standard InChI is InChI=1S/C15H24N2O2S2/c1-12-5-3-2-4-9-17(12)21(18,19)15-8-10-20-14(15)11-16-13-6-7-13/h8,10,12-13,16H,2-7,9,11H2,1H3. The molecule has 0 bridgehead atoms. The maximum atomic E-state index is 13.0. The van der Waals surface area contributed by atoms with E-state index in [1.807, 2.05) is 12.3 Å². The van der Waals surface area contributed by atoms with Crippen LogP contribution in [0.4, 0.5) is 0 Å². The van der Waals surface area contributed by atoms with E-state index < -0.39 is 10.0 Å². The van der Waals surface area contributed by atoms with E-state index in [1.54, 1.807) is 21.7 Å². The molecule has 2 heterocycles. The normalized spacial score (nSPS) is 24.9. The Hall–Kier alpha value is -0.430. The lowest BCUT2D eigenvalue weighted by molar-refractivity contribution is 0.342. The molecule has 1 aliphatic carbocycles. The number of nitrogens with zero attached hydrogens (tertiary/aromatic N) is 1. The van der Waals surface area contributed by atoms with E-state index in [0.717, 1.165) is 30.6 Å². The predicted molar refractivity (Wildman–Crippen MR) is 86.0 cm³/mol. The molecule has 118 valence electrons. The van der Waals surface area contributed by atoms with Crippen molar-refractivity contribution in [1.82, 2.24) is 9.62 Å². The summed E-state index contributed by atoms with van der Waals surface area (Å²) in [7, 11) is -3.35. The Balaban J connectivity index is 1.81. The highest BCUT2D eigenvalue weighted by Crippen LogP contribution is 2.30. The first-order chi connectivity index (χ1) is 10.1. The third-order valence-electron chi connectivity index (χ3n) is 4.41. The number of hydrogen-bond acceptors (Lipinski definition) is 4. The van der Waals surface area contributed by atoms with Crippen molar-refractivity contribution in [3.05, 3.63) is 16.3 Å². The summed E-state index contributed by atoms with van der Waals surface area (Å²) in [5.74, 6) is 0. The van der Waals surface area contributed by atoms with Crippen molar-refractivity contribution in [3.63, 3.8) is 0 Å². The van der Waals surface area contributed by atoms with Crippen molar-refractivity contribution in [2.45, 2.75) is 69.0 Å². The van der Waals surface area contributed by atoms with Crippen LogP contribution in [-0.4, -0.2) is 31.4 Å². The molecular formula is C15H24N2O2S2. The van der Waals surface area contributed by atoms with Crippen LogP contribution < -0.4 is 5.32 Å². The highest BCUT2D eigenvalue weighted by atomic mass is 32.2. The molecule has 2 fully saturated rings. The average molecular weight is 329 g/mol. The maximum Gasteiger partial charge on any atom is 0.244 e. The second-order valence-electron chi connectivity index (χ2n) is 6.18. The molecule has 1 atom stereocenters. The van der Waals surface area contributed by atoms with Gasteiger partial charge in [0.05, 0.1) is 4.90 Å². The van der Waals surface area contributed by atoms with Gasteiger partial charge in [-0.1, -0.05) is 12.8 Å². The molecule has 6 heteroatoms. The van der Waals surface area contributed by atoms with Gasteiger partial charge < -0.3 is 5.32 Å². The number of thiophene rings is 1. The third kappa shape index (κ3) is 3.50. The number of sulfonamides is 1. The molecule has 2 aliphatic rings. The summed E-state index contributed by atoms with van der Waals surface area (Å²) in [6.45, 7) is 3.38. The number of hydrogen-bond donors (Lipinski definition) is 1. The topological polar surface area (TPSA) is 49.4 Å². The maximum absolute atomic E-state index is 13.0. The second kappa shape index (κ2) is 6.36. The lowest BCUT2D eigenvalue weighted by Gasteiger charge is -2.26. The molecule has 3 rings (SSSR count). The van der Waals surface area contributed by atoms with Crippen molar-refractivity contribution < 1.29 is 8.42 Å². The fraction of sp³-hybridized carbons (Fsp3) is 0.733. The van der Waals surface area contributed by atoms with Crippen LogP contribution in [0, 0.1) is 0 Å².